The SMILES string of the molecule is CCCc1cc(Cl)ccc1C1COc2ccc3nc2N(C1)CC1CCC1C(C1OCC(N(C)C)CO1)CCCC(C)C(C)S(=O)NC3=O. The molecule has 1 saturated heterocycles. The Hall–Kier alpha value is -2.24. The van der Waals surface area contributed by atoms with Gasteiger partial charge < -0.3 is 24.0 Å². The van der Waals surface area contributed by atoms with E-state index in [2.05, 4.69) is 54.6 Å². The van der Waals surface area contributed by atoms with Crippen LogP contribution in [0.15, 0.2) is 30.3 Å². The standard InChI is InChI=1S/C37H53ClN4O5S/c1-6-8-25-17-28(38)12-14-30(25)27-19-42-18-26-11-13-31(26)32(37-46-21-29(22-47-37)41(4)5)10-7-9-23(2)24(3)48(44)40-36(43)33-15-16-34(45-20-27)35(42)39-33/h12,14-17,23-24,26-27,29,31-32,37H,6-11,13,18-22H2,1-5H3,(H,40,43). The molecule has 1 aromatic carbocycles. The van der Waals surface area contributed by atoms with Gasteiger partial charge in [0.2, 0.25) is 0 Å². The van der Waals surface area contributed by atoms with Gasteiger partial charge in [0.1, 0.15) is 16.7 Å². The number of halogens is 1. The third-order valence-corrected chi connectivity index (χ3v) is 13.1. The summed E-state index contributed by atoms with van der Waals surface area (Å²) in [6, 6.07) is 10.0. The molecule has 9 nitrogen and oxygen atoms in total. The highest BCUT2D eigenvalue weighted by Gasteiger charge is 2.44. The molecule has 1 amide bonds. The summed E-state index contributed by atoms with van der Waals surface area (Å²) in [5.41, 5.74) is 2.75. The summed E-state index contributed by atoms with van der Waals surface area (Å²) in [6.07, 6.45) is 6.91. The van der Waals surface area contributed by atoms with Crippen molar-refractivity contribution in [3.8, 4) is 5.75 Å². The van der Waals surface area contributed by atoms with Crippen LogP contribution in [0.5, 0.6) is 5.75 Å². The molecule has 7 unspecified atom stereocenters. The number of carbonyl (C=O) groups is 1. The number of likely N-dealkylation sites (N-methyl/N-ethyl adjacent to an activating group) is 1. The molecule has 1 aliphatic carbocycles. The first-order chi connectivity index (χ1) is 23.1. The number of fused-ring (bicyclic) bond motifs is 2. The van der Waals surface area contributed by atoms with Gasteiger partial charge in [-0.25, -0.2) is 9.19 Å². The van der Waals surface area contributed by atoms with E-state index in [1.165, 1.54) is 11.1 Å². The minimum atomic E-state index is -1.54. The van der Waals surface area contributed by atoms with Crippen molar-refractivity contribution in [1.29, 1.82) is 0 Å². The van der Waals surface area contributed by atoms with Gasteiger partial charge in [0.25, 0.3) is 5.91 Å². The van der Waals surface area contributed by atoms with Crippen LogP contribution in [0.4, 0.5) is 5.82 Å². The first-order valence-corrected chi connectivity index (χ1v) is 19.5. The Balaban J connectivity index is 1.34. The summed E-state index contributed by atoms with van der Waals surface area (Å²) >= 11 is 6.46. The number of nitrogens with zero attached hydrogens (tertiary/aromatic N) is 3. The minimum absolute atomic E-state index is 0.0954. The second kappa shape index (κ2) is 15.8. The summed E-state index contributed by atoms with van der Waals surface area (Å²) in [5.74, 6) is 2.35. The van der Waals surface area contributed by atoms with E-state index in [0.29, 0.717) is 49.8 Å². The third kappa shape index (κ3) is 7.88. The van der Waals surface area contributed by atoms with E-state index in [0.717, 1.165) is 56.5 Å². The smallest absolute Gasteiger partial charge is 0.281 e. The van der Waals surface area contributed by atoms with E-state index >= 15 is 0 Å². The van der Waals surface area contributed by atoms with Crippen molar-refractivity contribution in [3.05, 3.63) is 52.2 Å². The van der Waals surface area contributed by atoms with E-state index in [1.54, 1.807) is 6.07 Å². The van der Waals surface area contributed by atoms with Gasteiger partial charge in [-0.05, 0) is 106 Å². The van der Waals surface area contributed by atoms with Crippen molar-refractivity contribution < 1.29 is 23.2 Å². The van der Waals surface area contributed by atoms with Gasteiger partial charge in [-0.3, -0.25) is 9.52 Å². The average molecular weight is 701 g/mol. The first-order valence-electron chi connectivity index (χ1n) is 17.9. The maximum atomic E-state index is 13.4. The number of aryl methyl sites for hydroxylation is 1. The van der Waals surface area contributed by atoms with Crippen LogP contribution in [0.1, 0.15) is 86.8 Å². The van der Waals surface area contributed by atoms with Gasteiger partial charge in [0.15, 0.2) is 17.9 Å². The van der Waals surface area contributed by atoms with Crippen LogP contribution >= 0.6 is 11.6 Å². The normalized spacial score (nSPS) is 33.2. The summed E-state index contributed by atoms with van der Waals surface area (Å²) < 4.78 is 35.5. The Morgan fingerprint density at radius 3 is 2.52 bits per heavy atom. The molecule has 1 N–H and O–H groups in total. The van der Waals surface area contributed by atoms with Gasteiger partial charge in [0, 0.05) is 29.9 Å². The number of pyridine rings is 1. The highest BCUT2D eigenvalue weighted by molar-refractivity contribution is 7.84. The molecule has 3 aliphatic heterocycles. The van der Waals surface area contributed by atoms with E-state index in [-0.39, 0.29) is 41.0 Å². The Kier molecular flexibility index (Phi) is 11.7. The van der Waals surface area contributed by atoms with Crippen LogP contribution in [-0.4, -0.2) is 84.6 Å². The molecule has 0 spiro atoms. The van der Waals surface area contributed by atoms with Crippen molar-refractivity contribution in [2.24, 2.45) is 23.7 Å². The van der Waals surface area contributed by atoms with Crippen LogP contribution in [0.25, 0.3) is 0 Å². The fourth-order valence-corrected chi connectivity index (χ4v) is 9.16. The lowest BCUT2D eigenvalue weighted by Crippen LogP contribution is -2.51. The number of aromatic nitrogens is 1. The summed E-state index contributed by atoms with van der Waals surface area (Å²) in [5, 5.41) is 0.550. The lowest BCUT2D eigenvalue weighted by molar-refractivity contribution is -0.240. The highest BCUT2D eigenvalue weighted by atomic mass is 35.5. The Labute approximate surface area is 294 Å². The lowest BCUT2D eigenvalue weighted by Gasteiger charge is -2.48. The molecule has 2 fully saturated rings. The fraction of sp³-hybridized carbons (Fsp3) is 0.676. The monoisotopic (exact) mass is 700 g/mol. The number of carbonyl (C=O) groups excluding carboxylic acids is 1. The van der Waals surface area contributed by atoms with Crippen molar-refractivity contribution in [2.75, 3.05) is 51.9 Å². The number of rotatable bonds is 5. The molecule has 0 radical (unpaired) electrons. The largest absolute Gasteiger partial charge is 0.489 e. The number of hydrogen-bond donors (Lipinski definition) is 1. The number of ether oxygens (including phenoxy) is 3. The molecular formula is C37H53ClN4O5S. The average Bonchev–Trinajstić information content (AvgIpc) is 3.24. The fourth-order valence-electron chi connectivity index (χ4n) is 7.94. The molecule has 4 heterocycles. The van der Waals surface area contributed by atoms with Crippen molar-refractivity contribution in [3.63, 3.8) is 0 Å². The Bertz CT molecular complexity index is 1450. The number of hydrogen-bond acceptors (Lipinski definition) is 8. The van der Waals surface area contributed by atoms with Crippen LogP contribution in [0, 0.1) is 23.7 Å². The van der Waals surface area contributed by atoms with Crippen molar-refractivity contribution >= 4 is 34.3 Å². The molecule has 7 atom stereocenters. The zero-order valence-electron chi connectivity index (χ0n) is 29.2. The van der Waals surface area contributed by atoms with Gasteiger partial charge >= 0.3 is 0 Å². The van der Waals surface area contributed by atoms with Gasteiger partial charge in [-0.2, -0.15) is 0 Å². The third-order valence-electron chi connectivity index (χ3n) is 11.3. The Morgan fingerprint density at radius 2 is 1.81 bits per heavy atom. The van der Waals surface area contributed by atoms with Crippen LogP contribution in [-0.2, 0) is 26.9 Å². The van der Waals surface area contributed by atoms with Gasteiger partial charge in [0.05, 0.1) is 31.1 Å². The predicted octanol–water partition coefficient (Wildman–Crippen LogP) is 6.22. The summed E-state index contributed by atoms with van der Waals surface area (Å²) in [7, 11) is 2.61. The maximum absolute atomic E-state index is 13.4. The number of amides is 1. The maximum Gasteiger partial charge on any atom is 0.281 e. The van der Waals surface area contributed by atoms with Gasteiger partial charge in [-0.1, -0.05) is 44.4 Å². The lowest BCUT2D eigenvalue weighted by atomic mass is 9.65. The number of nitrogens with one attached hydrogen (secondary N) is 1. The highest BCUT2D eigenvalue weighted by Crippen LogP contribution is 2.46. The van der Waals surface area contributed by atoms with Gasteiger partial charge in [-0.15, -0.1) is 0 Å². The minimum Gasteiger partial charge on any atom is -0.489 e. The first kappa shape index (κ1) is 35.6. The molecule has 6 rings (SSSR count). The van der Waals surface area contributed by atoms with Crippen LogP contribution < -0.4 is 14.4 Å². The molecule has 1 aromatic heterocycles. The molecule has 264 valence electrons. The molecule has 4 aliphatic rings. The quantitative estimate of drug-likeness (QED) is 0.393. The zero-order chi connectivity index (χ0) is 33.9. The summed E-state index contributed by atoms with van der Waals surface area (Å²) in [4.78, 5) is 22.9. The van der Waals surface area contributed by atoms with Crippen LogP contribution in [0.3, 0.4) is 0 Å². The molecule has 48 heavy (non-hydrogen) atoms. The van der Waals surface area contributed by atoms with E-state index in [9.17, 15) is 9.00 Å². The Morgan fingerprint density at radius 1 is 1.02 bits per heavy atom. The van der Waals surface area contributed by atoms with E-state index in [4.69, 9.17) is 30.8 Å². The molecule has 2 bridgehead atoms. The predicted molar refractivity (Wildman–Crippen MR) is 191 cm³/mol. The zero-order valence-corrected chi connectivity index (χ0v) is 30.7. The number of anilines is 1. The van der Waals surface area contributed by atoms with Crippen molar-refractivity contribution in [2.45, 2.75) is 89.2 Å². The molecule has 11 heteroatoms. The number of benzene rings is 1. The van der Waals surface area contributed by atoms with Crippen LogP contribution in [0.2, 0.25) is 5.02 Å². The summed E-state index contributed by atoms with van der Waals surface area (Å²) in [6.45, 7) is 9.63. The second-order valence-electron chi connectivity index (χ2n) is 14.7. The molecule has 2 aromatic rings. The molecule has 1 saturated carbocycles. The topological polar surface area (TPSA) is 93.2 Å². The van der Waals surface area contributed by atoms with E-state index in [1.807, 2.05) is 19.1 Å². The van der Waals surface area contributed by atoms with Crippen molar-refractivity contribution in [1.82, 2.24) is 14.6 Å². The second-order valence-corrected chi connectivity index (χ2v) is 16.7. The molecular weight excluding hydrogens is 648 g/mol. The van der Waals surface area contributed by atoms with E-state index < -0.39 is 16.9 Å².